The highest BCUT2D eigenvalue weighted by Crippen LogP contribution is 2.39. The minimum atomic E-state index is -0.695. The van der Waals surface area contributed by atoms with Crippen molar-refractivity contribution in [2.75, 3.05) is 21.3 Å². The molecule has 1 aliphatic heterocycles. The van der Waals surface area contributed by atoms with Gasteiger partial charge in [0.15, 0.2) is 11.5 Å². The molecule has 1 N–H and O–H groups in total. The fourth-order valence-electron chi connectivity index (χ4n) is 2.64. The summed E-state index contributed by atoms with van der Waals surface area (Å²) in [5, 5.41) is 6.80. The van der Waals surface area contributed by atoms with E-state index in [9.17, 15) is 4.79 Å². The Morgan fingerprint density at radius 2 is 1.96 bits per heavy atom. The molecule has 1 atom stereocenters. The van der Waals surface area contributed by atoms with Crippen molar-refractivity contribution < 1.29 is 28.3 Å². The number of methoxy groups -OCH3 is 3. The van der Waals surface area contributed by atoms with E-state index < -0.39 is 6.10 Å². The molecule has 0 radical (unpaired) electrons. The highest BCUT2D eigenvalue weighted by atomic mass is 16.6. The molecule has 1 aliphatic rings. The molecule has 138 valence electrons. The molecule has 0 spiro atoms. The number of oxime groups is 1. The normalized spacial score (nSPS) is 15.8. The number of hydrogen-bond donors (Lipinski definition) is 1. The predicted octanol–water partition coefficient (Wildman–Crippen LogP) is 2.11. The lowest BCUT2D eigenvalue weighted by molar-refractivity contribution is -0.131. The van der Waals surface area contributed by atoms with Gasteiger partial charge in [-0.3, -0.25) is 4.79 Å². The predicted molar refractivity (Wildman–Crippen MR) is 92.7 cm³/mol. The standard InChI is InChI=1S/C18H20N2O6/c1-22-14-7-11(8-15(23-2)17(14)24-3)13-9-16(26-20-13)18(21)19-10-12-5-4-6-25-12/h4-8,16H,9-10H2,1-3H3,(H,19,21)/t16-/m0/s1. The maximum Gasteiger partial charge on any atom is 0.264 e. The molecule has 1 aromatic carbocycles. The van der Waals surface area contributed by atoms with E-state index in [1.807, 2.05) is 0 Å². The Balaban J connectivity index is 1.69. The Kier molecular flexibility index (Phi) is 5.31. The number of benzene rings is 1. The first kappa shape index (κ1) is 17.7. The molecule has 0 unspecified atom stereocenters. The third-order valence-corrected chi connectivity index (χ3v) is 3.98. The summed E-state index contributed by atoms with van der Waals surface area (Å²) >= 11 is 0. The summed E-state index contributed by atoms with van der Waals surface area (Å²) in [5.41, 5.74) is 1.36. The number of furan rings is 1. The molecular formula is C18H20N2O6. The fraction of sp³-hybridized carbons (Fsp3) is 0.333. The molecule has 3 rings (SSSR count). The van der Waals surface area contributed by atoms with Crippen LogP contribution >= 0.6 is 0 Å². The van der Waals surface area contributed by atoms with Crippen molar-refractivity contribution >= 4 is 11.6 Å². The van der Waals surface area contributed by atoms with Crippen molar-refractivity contribution in [1.82, 2.24) is 5.32 Å². The van der Waals surface area contributed by atoms with E-state index >= 15 is 0 Å². The third-order valence-electron chi connectivity index (χ3n) is 3.98. The second-order valence-electron chi connectivity index (χ2n) is 5.55. The van der Waals surface area contributed by atoms with E-state index in [0.29, 0.717) is 41.7 Å². The smallest absolute Gasteiger partial charge is 0.264 e. The van der Waals surface area contributed by atoms with Gasteiger partial charge in [0, 0.05) is 12.0 Å². The number of carbonyl (C=O) groups is 1. The van der Waals surface area contributed by atoms with E-state index in [0.717, 1.165) is 5.56 Å². The highest BCUT2D eigenvalue weighted by molar-refractivity contribution is 6.04. The highest BCUT2D eigenvalue weighted by Gasteiger charge is 2.30. The van der Waals surface area contributed by atoms with E-state index in [1.54, 1.807) is 44.7 Å². The SMILES string of the molecule is COc1cc(C2=NO[C@H](C(=O)NCc3ccco3)C2)cc(OC)c1OC. The zero-order chi connectivity index (χ0) is 18.5. The third kappa shape index (κ3) is 3.58. The number of amides is 1. The van der Waals surface area contributed by atoms with Crippen molar-refractivity contribution in [1.29, 1.82) is 0 Å². The molecule has 8 nitrogen and oxygen atoms in total. The topological polar surface area (TPSA) is 91.5 Å². The lowest BCUT2D eigenvalue weighted by Gasteiger charge is -2.13. The Labute approximate surface area is 150 Å². The van der Waals surface area contributed by atoms with Crippen molar-refractivity contribution in [3.8, 4) is 17.2 Å². The lowest BCUT2D eigenvalue weighted by Crippen LogP contribution is -2.34. The number of rotatable bonds is 7. The number of carbonyl (C=O) groups excluding carboxylic acids is 1. The zero-order valence-electron chi connectivity index (χ0n) is 14.8. The van der Waals surface area contributed by atoms with Gasteiger partial charge >= 0.3 is 0 Å². The molecule has 0 fully saturated rings. The molecule has 0 saturated carbocycles. The number of nitrogens with one attached hydrogen (secondary N) is 1. The van der Waals surface area contributed by atoms with Gasteiger partial charge in [-0.15, -0.1) is 0 Å². The van der Waals surface area contributed by atoms with Gasteiger partial charge in [0.05, 0.1) is 39.8 Å². The van der Waals surface area contributed by atoms with Gasteiger partial charge in [-0.25, -0.2) is 0 Å². The molecular weight excluding hydrogens is 340 g/mol. The zero-order valence-corrected chi connectivity index (χ0v) is 14.8. The molecule has 2 aromatic rings. The van der Waals surface area contributed by atoms with Crippen molar-refractivity contribution in [2.45, 2.75) is 19.1 Å². The van der Waals surface area contributed by atoms with Crippen molar-refractivity contribution in [3.05, 3.63) is 41.9 Å². The average molecular weight is 360 g/mol. The van der Waals surface area contributed by atoms with Gasteiger partial charge in [-0.1, -0.05) is 5.16 Å². The van der Waals surface area contributed by atoms with Crippen LogP contribution in [0.15, 0.2) is 40.1 Å². The van der Waals surface area contributed by atoms with Crippen LogP contribution in [0, 0.1) is 0 Å². The Morgan fingerprint density at radius 3 is 2.54 bits per heavy atom. The maximum atomic E-state index is 12.2. The second kappa shape index (κ2) is 7.81. The van der Waals surface area contributed by atoms with Crippen LogP contribution in [0.25, 0.3) is 0 Å². The van der Waals surface area contributed by atoms with E-state index in [2.05, 4.69) is 10.5 Å². The molecule has 8 heteroatoms. The number of hydrogen-bond acceptors (Lipinski definition) is 7. The summed E-state index contributed by atoms with van der Waals surface area (Å²) in [4.78, 5) is 17.5. The minimum absolute atomic E-state index is 0.257. The van der Waals surface area contributed by atoms with Gasteiger partial charge in [-0.2, -0.15) is 0 Å². The minimum Gasteiger partial charge on any atom is -0.493 e. The van der Waals surface area contributed by atoms with E-state index in [-0.39, 0.29) is 5.91 Å². The van der Waals surface area contributed by atoms with E-state index in [1.165, 1.54) is 7.11 Å². The van der Waals surface area contributed by atoms with Gasteiger partial charge in [0.25, 0.3) is 5.91 Å². The summed E-state index contributed by atoms with van der Waals surface area (Å²) in [7, 11) is 4.62. The summed E-state index contributed by atoms with van der Waals surface area (Å²) in [5.74, 6) is 1.92. The van der Waals surface area contributed by atoms with Crippen LogP contribution in [-0.2, 0) is 16.2 Å². The molecule has 0 bridgehead atoms. The van der Waals surface area contributed by atoms with Gasteiger partial charge in [-0.05, 0) is 24.3 Å². The van der Waals surface area contributed by atoms with Crippen LogP contribution in [-0.4, -0.2) is 39.1 Å². The summed E-state index contributed by atoms with van der Waals surface area (Å²) < 4.78 is 21.2. The van der Waals surface area contributed by atoms with E-state index in [4.69, 9.17) is 23.5 Å². The van der Waals surface area contributed by atoms with Crippen LogP contribution in [0.2, 0.25) is 0 Å². The molecule has 2 heterocycles. The van der Waals surface area contributed by atoms with Gasteiger partial charge < -0.3 is 28.8 Å². The van der Waals surface area contributed by atoms with Crippen LogP contribution in [0.5, 0.6) is 17.2 Å². The Hall–Kier alpha value is -3.16. The Bertz CT molecular complexity index is 775. The largest absolute Gasteiger partial charge is 0.493 e. The molecule has 1 amide bonds. The first-order chi connectivity index (χ1) is 12.7. The summed E-state index contributed by atoms with van der Waals surface area (Å²) in [6, 6.07) is 7.09. The molecule has 0 aliphatic carbocycles. The second-order valence-corrected chi connectivity index (χ2v) is 5.55. The average Bonchev–Trinajstić information content (AvgIpc) is 3.36. The summed E-state index contributed by atoms with van der Waals surface area (Å²) in [6.45, 7) is 0.297. The maximum absolute atomic E-state index is 12.2. The van der Waals surface area contributed by atoms with Crippen LogP contribution in [0.3, 0.4) is 0 Å². The van der Waals surface area contributed by atoms with Crippen molar-refractivity contribution in [2.24, 2.45) is 5.16 Å². The molecule has 26 heavy (non-hydrogen) atoms. The van der Waals surface area contributed by atoms with Crippen LogP contribution < -0.4 is 19.5 Å². The van der Waals surface area contributed by atoms with Crippen LogP contribution in [0.4, 0.5) is 0 Å². The molecule has 1 aromatic heterocycles. The van der Waals surface area contributed by atoms with Crippen LogP contribution in [0.1, 0.15) is 17.7 Å². The number of ether oxygens (including phenoxy) is 3. The first-order valence-electron chi connectivity index (χ1n) is 7.99. The summed E-state index contributed by atoms with van der Waals surface area (Å²) in [6.07, 6.45) is 1.20. The lowest BCUT2D eigenvalue weighted by atomic mass is 10.0. The fourth-order valence-corrected chi connectivity index (χ4v) is 2.64. The van der Waals surface area contributed by atoms with Crippen molar-refractivity contribution in [3.63, 3.8) is 0 Å². The van der Waals surface area contributed by atoms with Gasteiger partial charge in [0.2, 0.25) is 11.9 Å². The quantitative estimate of drug-likeness (QED) is 0.813. The monoisotopic (exact) mass is 360 g/mol. The molecule has 0 saturated heterocycles. The first-order valence-corrected chi connectivity index (χ1v) is 7.99. The van der Waals surface area contributed by atoms with Gasteiger partial charge in [0.1, 0.15) is 5.76 Å². The Morgan fingerprint density at radius 1 is 1.23 bits per heavy atom. The number of nitrogens with zero attached hydrogens (tertiary/aromatic N) is 1.